The smallest absolute Gasteiger partial charge is 0.227 e. The fourth-order valence-electron chi connectivity index (χ4n) is 2.36. The molecule has 3 nitrogen and oxygen atoms in total. The summed E-state index contributed by atoms with van der Waals surface area (Å²) < 4.78 is 1.91. The number of aromatic nitrogens is 1. The molecular weight excluding hydrogens is 260 g/mol. The van der Waals surface area contributed by atoms with Gasteiger partial charge >= 0.3 is 0 Å². The van der Waals surface area contributed by atoms with Crippen LogP contribution < -0.4 is 4.57 Å². The summed E-state index contributed by atoms with van der Waals surface area (Å²) >= 11 is 0. The van der Waals surface area contributed by atoms with Gasteiger partial charge in [0.05, 0.1) is 11.6 Å². The number of hydrogen-bond donors (Lipinski definition) is 0. The third kappa shape index (κ3) is 2.65. The van der Waals surface area contributed by atoms with Crippen molar-refractivity contribution >= 4 is 16.7 Å². The van der Waals surface area contributed by atoms with Gasteiger partial charge in [-0.3, -0.25) is 4.79 Å². The lowest BCUT2D eigenvalue weighted by Gasteiger charge is -2.02. The summed E-state index contributed by atoms with van der Waals surface area (Å²) in [6.07, 6.45) is 1.88. The number of benzene rings is 2. The number of ketones is 1. The van der Waals surface area contributed by atoms with Crippen molar-refractivity contribution in [1.82, 2.24) is 0 Å². The van der Waals surface area contributed by atoms with Gasteiger partial charge in [0.15, 0.2) is 6.20 Å². The number of hydrogen-bond acceptors (Lipinski definition) is 2. The zero-order valence-corrected chi connectivity index (χ0v) is 11.4. The number of carbonyl (C=O) groups is 1. The summed E-state index contributed by atoms with van der Waals surface area (Å²) in [5, 5.41) is 9.91. The molecule has 0 N–H and O–H groups in total. The second-order valence-electron chi connectivity index (χ2n) is 4.81. The number of fused-ring (bicyclic) bond motifs is 1. The summed E-state index contributed by atoms with van der Waals surface area (Å²) in [5.41, 5.74) is 2.27. The molecule has 0 spiro atoms. The van der Waals surface area contributed by atoms with E-state index >= 15 is 0 Å². The van der Waals surface area contributed by atoms with E-state index in [4.69, 9.17) is 5.26 Å². The molecule has 0 amide bonds. The van der Waals surface area contributed by atoms with E-state index in [1.54, 1.807) is 6.07 Å². The molecule has 0 atom stereocenters. The van der Waals surface area contributed by atoms with E-state index in [0.717, 1.165) is 10.9 Å². The Morgan fingerprint density at radius 3 is 2.62 bits per heavy atom. The van der Waals surface area contributed by atoms with Crippen molar-refractivity contribution < 1.29 is 9.36 Å². The first-order valence-electron chi connectivity index (χ1n) is 6.68. The Balaban J connectivity index is 1.98. The Kier molecular flexibility index (Phi) is 3.44. The number of rotatable bonds is 3. The molecule has 1 aromatic heterocycles. The molecule has 0 unspecified atom stereocenters. The lowest BCUT2D eigenvalue weighted by atomic mass is 10.1. The molecule has 100 valence electrons. The van der Waals surface area contributed by atoms with Crippen molar-refractivity contribution in [3.63, 3.8) is 0 Å². The Hall–Kier alpha value is -2.99. The van der Waals surface area contributed by atoms with Crippen molar-refractivity contribution in [2.24, 2.45) is 0 Å². The van der Waals surface area contributed by atoms with E-state index < -0.39 is 0 Å². The average Bonchev–Trinajstić information content (AvgIpc) is 2.55. The minimum Gasteiger partial charge on any atom is -0.287 e. The van der Waals surface area contributed by atoms with Crippen LogP contribution in [0.25, 0.3) is 10.9 Å². The number of Topliss-reactive ketones (excluding diaryl/α,β-unsaturated/α-hetero) is 1. The third-order valence-electron chi connectivity index (χ3n) is 3.42. The third-order valence-corrected chi connectivity index (χ3v) is 3.42. The highest BCUT2D eigenvalue weighted by atomic mass is 16.1. The van der Waals surface area contributed by atoms with Gasteiger partial charge in [-0.05, 0) is 18.2 Å². The van der Waals surface area contributed by atoms with E-state index in [0.29, 0.717) is 11.1 Å². The van der Waals surface area contributed by atoms with Crippen LogP contribution in [-0.4, -0.2) is 5.78 Å². The molecule has 2 aromatic carbocycles. The Labute approximate surface area is 122 Å². The van der Waals surface area contributed by atoms with Gasteiger partial charge in [-0.15, -0.1) is 0 Å². The number of carbonyl (C=O) groups excluding carboxylic acids is 1. The fourth-order valence-corrected chi connectivity index (χ4v) is 2.36. The predicted octanol–water partition coefficient (Wildman–Crippen LogP) is 2.88. The van der Waals surface area contributed by atoms with Crippen molar-refractivity contribution in [2.75, 3.05) is 0 Å². The minimum absolute atomic E-state index is 0.0671. The molecule has 0 radical (unpaired) electrons. The first-order chi connectivity index (χ1) is 10.3. The van der Waals surface area contributed by atoms with Crippen molar-refractivity contribution in [3.8, 4) is 6.07 Å². The SMILES string of the molecule is N#Cc1ccc2c(ccc[n+]2CC(=O)c2ccccc2)c1. The largest absolute Gasteiger partial charge is 0.287 e. The molecule has 0 saturated carbocycles. The van der Waals surface area contributed by atoms with Crippen molar-refractivity contribution in [3.05, 3.63) is 78.0 Å². The monoisotopic (exact) mass is 273 g/mol. The van der Waals surface area contributed by atoms with Gasteiger partial charge in [-0.25, -0.2) is 0 Å². The molecule has 0 bridgehead atoms. The standard InChI is InChI=1S/C18H13N2O/c19-12-14-8-9-17-16(11-14)7-4-10-20(17)13-18(21)15-5-2-1-3-6-15/h1-11H,13H2/q+1. The molecule has 0 saturated heterocycles. The highest BCUT2D eigenvalue weighted by Crippen LogP contribution is 2.12. The van der Waals surface area contributed by atoms with Gasteiger partial charge in [-0.1, -0.05) is 30.3 Å². The first-order valence-corrected chi connectivity index (χ1v) is 6.68. The summed E-state index contributed by atoms with van der Waals surface area (Å²) in [5.74, 6) is 0.0671. The second kappa shape index (κ2) is 5.56. The molecule has 3 heteroatoms. The number of nitrogens with zero attached hydrogens (tertiary/aromatic N) is 2. The van der Waals surface area contributed by atoms with E-state index in [2.05, 4.69) is 6.07 Å². The van der Waals surface area contributed by atoms with E-state index in [1.807, 2.05) is 65.4 Å². The predicted molar refractivity (Wildman–Crippen MR) is 79.6 cm³/mol. The number of nitriles is 1. The van der Waals surface area contributed by atoms with E-state index in [-0.39, 0.29) is 12.3 Å². The molecule has 3 rings (SSSR count). The summed E-state index contributed by atoms with van der Waals surface area (Å²) in [6, 6.07) is 20.7. The van der Waals surface area contributed by atoms with Crippen LogP contribution >= 0.6 is 0 Å². The summed E-state index contributed by atoms with van der Waals surface area (Å²) in [4.78, 5) is 12.3. The normalized spacial score (nSPS) is 10.2. The van der Waals surface area contributed by atoms with Crippen molar-refractivity contribution in [1.29, 1.82) is 5.26 Å². The Morgan fingerprint density at radius 2 is 1.86 bits per heavy atom. The van der Waals surface area contributed by atoms with E-state index in [9.17, 15) is 4.79 Å². The highest BCUT2D eigenvalue weighted by molar-refractivity contribution is 5.95. The molecule has 0 aliphatic rings. The lowest BCUT2D eigenvalue weighted by molar-refractivity contribution is -0.657. The summed E-state index contributed by atoms with van der Waals surface area (Å²) in [7, 11) is 0. The van der Waals surface area contributed by atoms with Gasteiger partial charge in [0.1, 0.15) is 0 Å². The first kappa shape index (κ1) is 13.0. The maximum Gasteiger partial charge on any atom is 0.227 e. The van der Waals surface area contributed by atoms with Crippen molar-refractivity contribution in [2.45, 2.75) is 6.54 Å². The van der Waals surface area contributed by atoms with Crippen LogP contribution in [-0.2, 0) is 6.54 Å². The quantitative estimate of drug-likeness (QED) is 0.544. The molecule has 1 heterocycles. The van der Waals surface area contributed by atoms with Crippen LogP contribution in [0.3, 0.4) is 0 Å². The van der Waals surface area contributed by atoms with Crippen LogP contribution in [0, 0.1) is 11.3 Å². The highest BCUT2D eigenvalue weighted by Gasteiger charge is 2.15. The Morgan fingerprint density at radius 1 is 1.05 bits per heavy atom. The maximum absolute atomic E-state index is 12.3. The van der Waals surface area contributed by atoms with Crippen LogP contribution in [0.4, 0.5) is 0 Å². The lowest BCUT2D eigenvalue weighted by Crippen LogP contribution is -2.38. The van der Waals surface area contributed by atoms with Crippen LogP contribution in [0.1, 0.15) is 15.9 Å². The van der Waals surface area contributed by atoms with Gasteiger partial charge in [0.25, 0.3) is 0 Å². The van der Waals surface area contributed by atoms with Crippen LogP contribution in [0.2, 0.25) is 0 Å². The topological polar surface area (TPSA) is 44.7 Å². The number of pyridine rings is 1. The van der Waals surface area contributed by atoms with Gasteiger partial charge in [0.2, 0.25) is 17.8 Å². The van der Waals surface area contributed by atoms with Gasteiger partial charge in [0, 0.05) is 23.1 Å². The zero-order chi connectivity index (χ0) is 14.7. The van der Waals surface area contributed by atoms with E-state index in [1.165, 1.54) is 0 Å². The average molecular weight is 273 g/mol. The molecule has 0 aliphatic carbocycles. The molecule has 0 fully saturated rings. The zero-order valence-electron chi connectivity index (χ0n) is 11.4. The maximum atomic E-state index is 12.3. The molecule has 0 aliphatic heterocycles. The molecule has 3 aromatic rings. The second-order valence-corrected chi connectivity index (χ2v) is 4.81. The van der Waals surface area contributed by atoms with Gasteiger partial charge in [-0.2, -0.15) is 9.83 Å². The minimum atomic E-state index is 0.0671. The molecular formula is C18H13N2O+. The molecule has 21 heavy (non-hydrogen) atoms. The Bertz CT molecular complexity index is 848. The fraction of sp³-hybridized carbons (Fsp3) is 0.0556. The van der Waals surface area contributed by atoms with Crippen LogP contribution in [0.15, 0.2) is 66.9 Å². The van der Waals surface area contributed by atoms with Crippen LogP contribution in [0.5, 0.6) is 0 Å². The van der Waals surface area contributed by atoms with Gasteiger partial charge < -0.3 is 0 Å². The summed E-state index contributed by atoms with van der Waals surface area (Å²) in [6.45, 7) is 0.285.